The van der Waals surface area contributed by atoms with E-state index >= 15 is 0 Å². The number of esters is 1. The fourth-order valence-corrected chi connectivity index (χ4v) is 1.68. The topological polar surface area (TPSA) is 63.6 Å². The van der Waals surface area contributed by atoms with Crippen LogP contribution in [0.4, 0.5) is 8.78 Å². The number of cyclic esters (lactones) is 1. The second-order valence-electron chi connectivity index (χ2n) is 3.61. The van der Waals surface area contributed by atoms with Crippen molar-refractivity contribution in [2.45, 2.75) is 38.2 Å². The Hall–Kier alpha value is -1.20. The van der Waals surface area contributed by atoms with Gasteiger partial charge in [0.25, 0.3) is 12.0 Å². The minimum atomic E-state index is -3.19. The number of aliphatic carboxylic acids is 1. The predicted octanol–water partition coefficient (Wildman–Crippen LogP) is 1.44. The number of alkyl halides is 2. The molecule has 4 nitrogen and oxygen atoms in total. The summed E-state index contributed by atoms with van der Waals surface area (Å²) in [6.45, 7) is 1.79. The largest absolute Gasteiger partial charge is 0.478 e. The number of carboxylic acids is 1. The van der Waals surface area contributed by atoms with Crippen molar-refractivity contribution < 1.29 is 28.2 Å². The smallest absolute Gasteiger partial charge is 0.354 e. The van der Waals surface area contributed by atoms with Gasteiger partial charge in [-0.15, -0.1) is 0 Å². The Labute approximate surface area is 85.2 Å². The number of halogens is 2. The highest BCUT2D eigenvalue weighted by molar-refractivity contribution is 5.87. The van der Waals surface area contributed by atoms with Crippen molar-refractivity contribution in [1.82, 2.24) is 0 Å². The number of carbonyl (C=O) groups is 2. The molecule has 1 saturated heterocycles. The van der Waals surface area contributed by atoms with Crippen molar-refractivity contribution in [2.24, 2.45) is 5.92 Å². The Kier molecular flexibility index (Phi) is 3.26. The molecule has 0 aromatic carbocycles. The third kappa shape index (κ3) is 1.93. The average molecular weight is 222 g/mol. The number of carbonyl (C=O) groups excluding carboxylic acids is 1. The first kappa shape index (κ1) is 11.9. The average Bonchev–Trinajstić information content (AvgIpc) is 2.46. The van der Waals surface area contributed by atoms with Gasteiger partial charge >= 0.3 is 11.9 Å². The number of ether oxygens (including phenoxy) is 1. The van der Waals surface area contributed by atoms with Gasteiger partial charge in [0, 0.05) is 6.42 Å². The van der Waals surface area contributed by atoms with E-state index in [1.807, 2.05) is 0 Å². The number of hydrogen-bond acceptors (Lipinski definition) is 3. The van der Waals surface area contributed by atoms with E-state index in [1.54, 1.807) is 6.92 Å². The fraction of sp³-hybridized carbons (Fsp3) is 0.778. The van der Waals surface area contributed by atoms with Gasteiger partial charge in [0.15, 0.2) is 0 Å². The lowest BCUT2D eigenvalue weighted by Gasteiger charge is -2.21. The molecule has 15 heavy (non-hydrogen) atoms. The molecule has 0 aromatic heterocycles. The molecule has 1 aliphatic heterocycles. The second kappa shape index (κ2) is 4.12. The zero-order chi connectivity index (χ0) is 11.6. The lowest BCUT2D eigenvalue weighted by molar-refractivity contribution is -0.186. The summed E-state index contributed by atoms with van der Waals surface area (Å²) in [6, 6.07) is 0. The number of hydrogen-bond donors (Lipinski definition) is 1. The summed E-state index contributed by atoms with van der Waals surface area (Å²) in [5, 5.41) is 8.68. The van der Waals surface area contributed by atoms with Gasteiger partial charge in [-0.2, -0.15) is 0 Å². The predicted molar refractivity (Wildman–Crippen MR) is 45.5 cm³/mol. The molecule has 6 heteroatoms. The second-order valence-corrected chi connectivity index (χ2v) is 3.61. The van der Waals surface area contributed by atoms with Crippen LogP contribution in [0.3, 0.4) is 0 Å². The Morgan fingerprint density at radius 1 is 1.73 bits per heavy atom. The molecule has 0 amide bonds. The molecule has 0 bridgehead atoms. The lowest BCUT2D eigenvalue weighted by Crippen LogP contribution is -2.45. The van der Waals surface area contributed by atoms with Gasteiger partial charge in [0.05, 0.1) is 5.92 Å². The molecule has 86 valence electrons. The zero-order valence-corrected chi connectivity index (χ0v) is 8.20. The summed E-state index contributed by atoms with van der Waals surface area (Å²) in [7, 11) is 0. The molecular formula is C9H12F2O4. The molecule has 1 aliphatic rings. The van der Waals surface area contributed by atoms with Crippen LogP contribution in [-0.4, -0.2) is 29.1 Å². The summed E-state index contributed by atoms with van der Waals surface area (Å²) in [5.74, 6) is -3.33. The SMILES string of the molecule is CCCC1CC(C(=O)O)(C(F)F)OC1=O. The molecule has 1 fully saturated rings. The van der Waals surface area contributed by atoms with Crippen molar-refractivity contribution in [3.05, 3.63) is 0 Å². The first-order valence-corrected chi connectivity index (χ1v) is 4.68. The van der Waals surface area contributed by atoms with Crippen LogP contribution in [0, 0.1) is 5.92 Å². The fourth-order valence-electron chi connectivity index (χ4n) is 1.68. The third-order valence-electron chi connectivity index (χ3n) is 2.52. The molecule has 0 saturated carbocycles. The molecule has 2 unspecified atom stereocenters. The summed E-state index contributed by atoms with van der Waals surface area (Å²) in [6.07, 6.45) is -2.63. The Morgan fingerprint density at radius 3 is 2.67 bits per heavy atom. The molecule has 1 rings (SSSR count). The van der Waals surface area contributed by atoms with Crippen LogP contribution in [0.2, 0.25) is 0 Å². The van der Waals surface area contributed by atoms with Gasteiger partial charge in [-0.25, -0.2) is 13.6 Å². The van der Waals surface area contributed by atoms with E-state index in [2.05, 4.69) is 4.74 Å². The van der Waals surface area contributed by atoms with E-state index in [1.165, 1.54) is 0 Å². The van der Waals surface area contributed by atoms with E-state index < -0.39 is 36.3 Å². The summed E-state index contributed by atoms with van der Waals surface area (Å²) >= 11 is 0. The van der Waals surface area contributed by atoms with Crippen LogP contribution in [0.25, 0.3) is 0 Å². The van der Waals surface area contributed by atoms with E-state index in [4.69, 9.17) is 5.11 Å². The maximum atomic E-state index is 12.6. The van der Waals surface area contributed by atoms with Crippen LogP contribution >= 0.6 is 0 Å². The molecule has 0 radical (unpaired) electrons. The van der Waals surface area contributed by atoms with Gasteiger partial charge in [-0.05, 0) is 6.42 Å². The van der Waals surface area contributed by atoms with E-state index in [0.29, 0.717) is 12.8 Å². The molecule has 0 aromatic rings. The maximum Gasteiger partial charge on any atom is 0.354 e. The van der Waals surface area contributed by atoms with Crippen LogP contribution in [0.5, 0.6) is 0 Å². The van der Waals surface area contributed by atoms with Gasteiger partial charge in [-0.3, -0.25) is 4.79 Å². The highest BCUT2D eigenvalue weighted by atomic mass is 19.3. The quantitative estimate of drug-likeness (QED) is 0.731. The first-order chi connectivity index (χ1) is 6.94. The standard InChI is InChI=1S/C9H12F2O4/c1-2-3-5-4-9(7(10)11,8(13)14)15-6(5)12/h5,7H,2-4H2,1H3,(H,13,14). The summed E-state index contributed by atoms with van der Waals surface area (Å²) in [5.41, 5.74) is -2.63. The van der Waals surface area contributed by atoms with Crippen molar-refractivity contribution in [2.75, 3.05) is 0 Å². The molecule has 0 aliphatic carbocycles. The minimum absolute atomic E-state index is 0.376. The Balaban J connectivity index is 2.88. The van der Waals surface area contributed by atoms with Crippen LogP contribution < -0.4 is 0 Å². The van der Waals surface area contributed by atoms with Crippen LogP contribution in [-0.2, 0) is 14.3 Å². The third-order valence-corrected chi connectivity index (χ3v) is 2.52. The van der Waals surface area contributed by atoms with Gasteiger partial charge in [0.2, 0.25) is 0 Å². The van der Waals surface area contributed by atoms with Gasteiger partial charge in [0.1, 0.15) is 0 Å². The van der Waals surface area contributed by atoms with Gasteiger partial charge in [-0.1, -0.05) is 13.3 Å². The monoisotopic (exact) mass is 222 g/mol. The lowest BCUT2D eigenvalue weighted by atomic mass is 9.91. The molecule has 2 atom stereocenters. The molecule has 1 N–H and O–H groups in total. The van der Waals surface area contributed by atoms with E-state index in [-0.39, 0.29) is 0 Å². The van der Waals surface area contributed by atoms with Crippen molar-refractivity contribution in [1.29, 1.82) is 0 Å². The number of rotatable bonds is 4. The zero-order valence-electron chi connectivity index (χ0n) is 8.20. The molecular weight excluding hydrogens is 210 g/mol. The van der Waals surface area contributed by atoms with Crippen molar-refractivity contribution in [3.8, 4) is 0 Å². The summed E-state index contributed by atoms with van der Waals surface area (Å²) in [4.78, 5) is 21.9. The summed E-state index contributed by atoms with van der Waals surface area (Å²) < 4.78 is 29.5. The van der Waals surface area contributed by atoms with Crippen molar-refractivity contribution >= 4 is 11.9 Å². The first-order valence-electron chi connectivity index (χ1n) is 4.68. The minimum Gasteiger partial charge on any atom is -0.478 e. The maximum absolute atomic E-state index is 12.6. The highest BCUT2D eigenvalue weighted by Gasteiger charge is 2.58. The molecule has 1 heterocycles. The van der Waals surface area contributed by atoms with Gasteiger partial charge < -0.3 is 9.84 Å². The Morgan fingerprint density at radius 2 is 2.33 bits per heavy atom. The van der Waals surface area contributed by atoms with E-state index in [9.17, 15) is 18.4 Å². The number of carboxylic acid groups (broad SMARTS) is 1. The Bertz CT molecular complexity index is 279. The normalized spacial score (nSPS) is 30.7. The van der Waals surface area contributed by atoms with Crippen molar-refractivity contribution in [3.63, 3.8) is 0 Å². The van der Waals surface area contributed by atoms with Crippen LogP contribution in [0.1, 0.15) is 26.2 Å². The van der Waals surface area contributed by atoms with Crippen LogP contribution in [0.15, 0.2) is 0 Å². The van der Waals surface area contributed by atoms with E-state index in [0.717, 1.165) is 0 Å². The molecule has 0 spiro atoms. The highest BCUT2D eigenvalue weighted by Crippen LogP contribution is 2.38.